The zero-order chi connectivity index (χ0) is 13.0. The number of anilines is 1. The van der Waals surface area contributed by atoms with E-state index in [1.54, 1.807) is 6.20 Å². The largest absolute Gasteiger partial charge is 0.389 e. The third-order valence-corrected chi connectivity index (χ3v) is 3.18. The fraction of sp³-hybridized carbons (Fsp3) is 0.167. The van der Waals surface area contributed by atoms with Gasteiger partial charge >= 0.3 is 0 Å². The zero-order valence-electron chi connectivity index (χ0n) is 9.64. The van der Waals surface area contributed by atoms with Gasteiger partial charge < -0.3 is 11.1 Å². The van der Waals surface area contributed by atoms with Crippen molar-refractivity contribution in [3.8, 4) is 0 Å². The summed E-state index contributed by atoms with van der Waals surface area (Å²) in [6.45, 7) is 1.55. The lowest BCUT2D eigenvalue weighted by Crippen LogP contribution is -2.16. The summed E-state index contributed by atoms with van der Waals surface area (Å²) in [4.78, 5) is 0.393. The molecule has 6 heteroatoms. The molecule has 1 aromatic carbocycles. The summed E-state index contributed by atoms with van der Waals surface area (Å²) in [6.07, 6.45) is 3.69. The third kappa shape index (κ3) is 3.30. The molecule has 0 bridgehead atoms. The van der Waals surface area contributed by atoms with E-state index in [2.05, 4.69) is 26.3 Å². The van der Waals surface area contributed by atoms with Gasteiger partial charge in [-0.3, -0.25) is 4.68 Å². The van der Waals surface area contributed by atoms with Crippen LogP contribution < -0.4 is 11.1 Å². The first kappa shape index (κ1) is 13.0. The average Bonchev–Trinajstić information content (AvgIpc) is 2.82. The van der Waals surface area contributed by atoms with Crippen molar-refractivity contribution in [1.82, 2.24) is 9.78 Å². The quantitative estimate of drug-likeness (QED) is 0.829. The van der Waals surface area contributed by atoms with Crippen LogP contribution in [0.5, 0.6) is 0 Å². The molecule has 0 aliphatic heterocycles. The van der Waals surface area contributed by atoms with Crippen molar-refractivity contribution < 1.29 is 0 Å². The Morgan fingerprint density at radius 2 is 2.33 bits per heavy atom. The Kier molecular flexibility index (Phi) is 4.33. The van der Waals surface area contributed by atoms with E-state index in [0.29, 0.717) is 4.99 Å². The van der Waals surface area contributed by atoms with Gasteiger partial charge in [-0.15, -0.1) is 0 Å². The maximum Gasteiger partial charge on any atom is 0.106 e. The lowest BCUT2D eigenvalue weighted by Gasteiger charge is -2.11. The lowest BCUT2D eigenvalue weighted by atomic mass is 10.2. The SMILES string of the molecule is NC(=S)c1ccc(Br)cc1NCCn1cccn1. The number of nitrogens with two attached hydrogens (primary N) is 1. The maximum atomic E-state index is 5.69. The maximum absolute atomic E-state index is 5.69. The van der Waals surface area contributed by atoms with E-state index in [0.717, 1.165) is 28.8 Å². The van der Waals surface area contributed by atoms with Gasteiger partial charge in [0.05, 0.1) is 6.54 Å². The molecular formula is C12H13BrN4S. The van der Waals surface area contributed by atoms with Crippen LogP contribution >= 0.6 is 28.1 Å². The van der Waals surface area contributed by atoms with Crippen LogP contribution in [-0.2, 0) is 6.54 Å². The molecule has 0 aliphatic rings. The second-order valence-corrected chi connectivity index (χ2v) is 5.11. The molecule has 0 aliphatic carbocycles. The first-order valence-corrected chi connectivity index (χ1v) is 6.67. The number of benzene rings is 1. The molecule has 2 rings (SSSR count). The predicted molar refractivity (Wildman–Crippen MR) is 80.7 cm³/mol. The molecule has 3 N–H and O–H groups in total. The van der Waals surface area contributed by atoms with E-state index >= 15 is 0 Å². The van der Waals surface area contributed by atoms with Gasteiger partial charge in [-0.2, -0.15) is 5.10 Å². The normalized spacial score (nSPS) is 10.3. The molecule has 94 valence electrons. The number of halogens is 1. The number of thiocarbonyl (C=S) groups is 1. The monoisotopic (exact) mass is 324 g/mol. The van der Waals surface area contributed by atoms with Crippen molar-refractivity contribution in [2.24, 2.45) is 5.73 Å². The molecule has 1 aromatic heterocycles. The number of hydrogen-bond acceptors (Lipinski definition) is 3. The first-order valence-electron chi connectivity index (χ1n) is 5.47. The summed E-state index contributed by atoms with van der Waals surface area (Å²) in [5.41, 5.74) is 7.48. The molecule has 4 nitrogen and oxygen atoms in total. The van der Waals surface area contributed by atoms with Gasteiger partial charge in [0.15, 0.2) is 0 Å². The van der Waals surface area contributed by atoms with E-state index in [-0.39, 0.29) is 0 Å². The Morgan fingerprint density at radius 1 is 1.50 bits per heavy atom. The van der Waals surface area contributed by atoms with Gasteiger partial charge in [0.1, 0.15) is 4.99 Å². The summed E-state index contributed by atoms with van der Waals surface area (Å²) in [6, 6.07) is 7.70. The Bertz CT molecular complexity index is 539. The van der Waals surface area contributed by atoms with Crippen molar-refractivity contribution in [2.45, 2.75) is 6.54 Å². The highest BCUT2D eigenvalue weighted by Gasteiger charge is 2.05. The van der Waals surface area contributed by atoms with Gasteiger partial charge in [0.25, 0.3) is 0 Å². The molecule has 0 amide bonds. The van der Waals surface area contributed by atoms with Crippen molar-refractivity contribution >= 4 is 38.8 Å². The minimum Gasteiger partial charge on any atom is -0.389 e. The molecule has 0 saturated carbocycles. The molecule has 1 heterocycles. The summed E-state index contributed by atoms with van der Waals surface area (Å²) < 4.78 is 2.86. The van der Waals surface area contributed by atoms with Crippen LogP contribution in [0.1, 0.15) is 5.56 Å². The summed E-state index contributed by atoms with van der Waals surface area (Å²) in [5.74, 6) is 0. The van der Waals surface area contributed by atoms with Crippen LogP contribution in [-0.4, -0.2) is 21.3 Å². The number of hydrogen-bond donors (Lipinski definition) is 2. The second-order valence-electron chi connectivity index (χ2n) is 3.75. The van der Waals surface area contributed by atoms with E-state index in [1.165, 1.54) is 0 Å². The predicted octanol–water partition coefficient (Wildman–Crippen LogP) is 2.39. The summed E-state index contributed by atoms with van der Waals surface area (Å²) in [7, 11) is 0. The van der Waals surface area contributed by atoms with Crippen molar-refractivity contribution in [3.05, 3.63) is 46.7 Å². The van der Waals surface area contributed by atoms with Crippen LogP contribution in [0.15, 0.2) is 41.1 Å². The molecule has 0 fully saturated rings. The van der Waals surface area contributed by atoms with Gasteiger partial charge in [0.2, 0.25) is 0 Å². The Labute approximate surface area is 119 Å². The molecular weight excluding hydrogens is 312 g/mol. The molecule has 0 radical (unpaired) electrons. The molecule has 0 atom stereocenters. The average molecular weight is 325 g/mol. The minimum atomic E-state index is 0.393. The fourth-order valence-corrected chi connectivity index (χ4v) is 2.15. The van der Waals surface area contributed by atoms with Crippen LogP contribution in [0.2, 0.25) is 0 Å². The second kappa shape index (κ2) is 5.97. The zero-order valence-corrected chi connectivity index (χ0v) is 12.0. The van der Waals surface area contributed by atoms with Gasteiger partial charge in [-0.05, 0) is 24.3 Å². The number of nitrogens with one attached hydrogen (secondary N) is 1. The van der Waals surface area contributed by atoms with Crippen LogP contribution in [0.4, 0.5) is 5.69 Å². The Hall–Kier alpha value is -1.40. The van der Waals surface area contributed by atoms with Crippen LogP contribution in [0.25, 0.3) is 0 Å². The topological polar surface area (TPSA) is 55.9 Å². The minimum absolute atomic E-state index is 0.393. The molecule has 18 heavy (non-hydrogen) atoms. The van der Waals surface area contributed by atoms with Gasteiger partial charge in [0, 0.05) is 34.7 Å². The fourth-order valence-electron chi connectivity index (χ4n) is 1.62. The van der Waals surface area contributed by atoms with Crippen LogP contribution in [0, 0.1) is 0 Å². The number of nitrogens with zero attached hydrogens (tertiary/aromatic N) is 2. The van der Waals surface area contributed by atoms with E-state index in [1.807, 2.05) is 35.1 Å². The highest BCUT2D eigenvalue weighted by atomic mass is 79.9. The number of rotatable bonds is 5. The summed E-state index contributed by atoms with van der Waals surface area (Å²) in [5, 5.41) is 7.45. The highest BCUT2D eigenvalue weighted by Crippen LogP contribution is 2.21. The third-order valence-electron chi connectivity index (χ3n) is 2.46. The van der Waals surface area contributed by atoms with E-state index in [9.17, 15) is 0 Å². The van der Waals surface area contributed by atoms with Crippen molar-refractivity contribution in [1.29, 1.82) is 0 Å². The van der Waals surface area contributed by atoms with Crippen LogP contribution in [0.3, 0.4) is 0 Å². The smallest absolute Gasteiger partial charge is 0.106 e. The van der Waals surface area contributed by atoms with Gasteiger partial charge in [-0.1, -0.05) is 28.1 Å². The van der Waals surface area contributed by atoms with Crippen molar-refractivity contribution in [3.63, 3.8) is 0 Å². The molecule has 0 saturated heterocycles. The summed E-state index contributed by atoms with van der Waals surface area (Å²) >= 11 is 8.46. The Balaban J connectivity index is 2.03. The van der Waals surface area contributed by atoms with E-state index in [4.69, 9.17) is 18.0 Å². The molecule has 0 unspecified atom stereocenters. The highest BCUT2D eigenvalue weighted by molar-refractivity contribution is 9.10. The molecule has 2 aromatic rings. The van der Waals surface area contributed by atoms with Gasteiger partial charge in [-0.25, -0.2) is 0 Å². The number of aromatic nitrogens is 2. The standard InChI is InChI=1S/C12H13BrN4S/c13-9-2-3-10(12(14)18)11(8-9)15-5-7-17-6-1-4-16-17/h1-4,6,8,15H,5,7H2,(H2,14,18). The molecule has 0 spiro atoms. The van der Waals surface area contributed by atoms with E-state index < -0.39 is 0 Å². The first-order chi connectivity index (χ1) is 8.66. The van der Waals surface area contributed by atoms with Crippen molar-refractivity contribution in [2.75, 3.05) is 11.9 Å². The lowest BCUT2D eigenvalue weighted by molar-refractivity contribution is 0.638. The Morgan fingerprint density at radius 3 is 3.00 bits per heavy atom.